The van der Waals surface area contributed by atoms with Gasteiger partial charge in [-0.15, -0.1) is 5.10 Å². The fraction of sp³-hybridized carbons (Fsp3) is 0.500. The van der Waals surface area contributed by atoms with Crippen LogP contribution in [0.25, 0.3) is 0 Å². The lowest BCUT2D eigenvalue weighted by atomic mass is 9.82. The van der Waals surface area contributed by atoms with Gasteiger partial charge in [-0.3, -0.25) is 0 Å². The molecule has 1 saturated carbocycles. The average Bonchev–Trinajstić information content (AvgIpc) is 3.36. The molecule has 1 aliphatic heterocycles. The van der Waals surface area contributed by atoms with E-state index in [4.69, 9.17) is 14.2 Å². The molecule has 40 heavy (non-hydrogen) atoms. The molecule has 0 atom stereocenters. The van der Waals surface area contributed by atoms with E-state index >= 15 is 0 Å². The number of benzene rings is 2. The van der Waals surface area contributed by atoms with Crippen LogP contribution in [0, 0.1) is 0 Å². The van der Waals surface area contributed by atoms with Crippen LogP contribution in [0.2, 0.25) is 0 Å². The van der Waals surface area contributed by atoms with Gasteiger partial charge in [-0.05, 0) is 73.9 Å². The van der Waals surface area contributed by atoms with Crippen molar-refractivity contribution in [2.45, 2.75) is 69.9 Å². The minimum Gasteiger partial charge on any atom is -0.497 e. The Labute approximate surface area is 233 Å². The number of methoxy groups -OCH3 is 1. The third kappa shape index (κ3) is 6.54. The van der Waals surface area contributed by atoms with Crippen LogP contribution in [0.5, 0.6) is 11.6 Å². The molecule has 0 spiro atoms. The minimum atomic E-state index is -2.54. The van der Waals surface area contributed by atoms with E-state index in [9.17, 15) is 13.6 Å². The first kappa shape index (κ1) is 27.9. The summed E-state index contributed by atoms with van der Waals surface area (Å²) >= 11 is 0. The van der Waals surface area contributed by atoms with E-state index in [0.29, 0.717) is 31.4 Å². The zero-order chi connectivity index (χ0) is 28.1. The second-order valence-electron chi connectivity index (χ2n) is 10.5. The summed E-state index contributed by atoms with van der Waals surface area (Å²) in [5.41, 5.74) is 3.31. The molecule has 8 nitrogen and oxygen atoms in total. The zero-order valence-corrected chi connectivity index (χ0v) is 23.0. The van der Waals surface area contributed by atoms with Crippen molar-refractivity contribution >= 4 is 11.7 Å². The summed E-state index contributed by atoms with van der Waals surface area (Å²) in [5, 5.41) is 8.29. The lowest BCUT2D eigenvalue weighted by Gasteiger charge is -2.34. The normalized spacial score (nSPS) is 20.6. The minimum absolute atomic E-state index is 0.0770. The highest BCUT2D eigenvalue weighted by Crippen LogP contribution is 2.37. The fourth-order valence-electron chi connectivity index (χ4n) is 5.48. The van der Waals surface area contributed by atoms with Gasteiger partial charge in [0.1, 0.15) is 11.9 Å². The number of carbonyl (C=O) groups excluding carboxylic acids is 1. The first-order valence-corrected chi connectivity index (χ1v) is 14.0. The second kappa shape index (κ2) is 12.2. The molecule has 214 valence electrons. The van der Waals surface area contributed by atoms with Gasteiger partial charge >= 0.3 is 5.97 Å². The number of aromatic nitrogens is 3. The molecule has 0 radical (unpaired) electrons. The molecular weight excluding hydrogens is 518 g/mol. The van der Waals surface area contributed by atoms with E-state index in [1.165, 1.54) is 5.56 Å². The van der Waals surface area contributed by atoms with Crippen molar-refractivity contribution in [3.8, 4) is 11.6 Å². The van der Waals surface area contributed by atoms with Gasteiger partial charge in [0.25, 0.3) is 5.92 Å². The van der Waals surface area contributed by atoms with Crippen LogP contribution < -0.4 is 14.4 Å². The predicted octanol–water partition coefficient (Wildman–Crippen LogP) is 5.85. The number of esters is 1. The summed E-state index contributed by atoms with van der Waals surface area (Å²) in [7, 11) is 1.62. The Kier molecular flexibility index (Phi) is 8.52. The van der Waals surface area contributed by atoms with Gasteiger partial charge < -0.3 is 19.1 Å². The second-order valence-corrected chi connectivity index (χ2v) is 10.5. The van der Waals surface area contributed by atoms with Crippen LogP contribution in [0.1, 0.15) is 73.0 Å². The molecule has 1 saturated heterocycles. The zero-order valence-electron chi connectivity index (χ0n) is 23.0. The molecule has 5 rings (SSSR count). The molecule has 0 N–H and O–H groups in total. The topological polar surface area (TPSA) is 78.7 Å². The predicted molar refractivity (Wildman–Crippen MR) is 147 cm³/mol. The van der Waals surface area contributed by atoms with Crippen molar-refractivity contribution < 1.29 is 27.8 Å². The number of hydrogen-bond donors (Lipinski definition) is 0. The number of anilines is 1. The molecule has 1 aliphatic carbocycles. The quantitative estimate of drug-likeness (QED) is 0.307. The van der Waals surface area contributed by atoms with Crippen molar-refractivity contribution in [2.24, 2.45) is 0 Å². The van der Waals surface area contributed by atoms with Crippen molar-refractivity contribution in [3.05, 3.63) is 65.4 Å². The first-order chi connectivity index (χ1) is 19.3. The average molecular weight is 555 g/mol. The third-order valence-corrected chi connectivity index (χ3v) is 7.83. The largest absolute Gasteiger partial charge is 0.497 e. The molecule has 3 aromatic rings. The van der Waals surface area contributed by atoms with Crippen LogP contribution in [-0.2, 0) is 11.3 Å². The Balaban J connectivity index is 1.22. The summed E-state index contributed by atoms with van der Waals surface area (Å²) in [5.74, 6) is -1.61. The van der Waals surface area contributed by atoms with Crippen LogP contribution in [0.3, 0.4) is 0 Å². The van der Waals surface area contributed by atoms with Crippen LogP contribution in [-0.4, -0.2) is 59.8 Å². The van der Waals surface area contributed by atoms with Gasteiger partial charge in [0.05, 0.1) is 20.3 Å². The van der Waals surface area contributed by atoms with Gasteiger partial charge in [-0.1, -0.05) is 29.5 Å². The molecule has 10 heteroatoms. The summed E-state index contributed by atoms with van der Waals surface area (Å²) in [6.07, 6.45) is 3.26. The van der Waals surface area contributed by atoms with Gasteiger partial charge in [0, 0.05) is 31.6 Å². The van der Waals surface area contributed by atoms with Gasteiger partial charge in [-0.25, -0.2) is 18.3 Å². The molecule has 1 aromatic heterocycles. The number of hydrogen-bond acceptors (Lipinski definition) is 7. The Hall–Kier alpha value is -3.69. The highest BCUT2D eigenvalue weighted by atomic mass is 19.3. The van der Waals surface area contributed by atoms with E-state index in [-0.39, 0.29) is 31.2 Å². The Morgan fingerprint density at radius 1 is 1.00 bits per heavy atom. The molecule has 0 amide bonds. The van der Waals surface area contributed by atoms with E-state index in [1.54, 1.807) is 18.7 Å². The molecule has 2 fully saturated rings. The summed E-state index contributed by atoms with van der Waals surface area (Å²) < 4.78 is 45.5. The fourth-order valence-corrected chi connectivity index (χ4v) is 5.48. The highest BCUT2D eigenvalue weighted by molar-refractivity contribution is 5.89. The first-order valence-electron chi connectivity index (χ1n) is 14.0. The monoisotopic (exact) mass is 554 g/mol. The maximum absolute atomic E-state index is 13.5. The number of ether oxygens (including phenoxy) is 3. The van der Waals surface area contributed by atoms with Crippen molar-refractivity contribution in [1.82, 2.24) is 15.0 Å². The van der Waals surface area contributed by atoms with E-state index in [0.717, 1.165) is 42.7 Å². The summed E-state index contributed by atoms with van der Waals surface area (Å²) in [6, 6.07) is 16.0. The summed E-state index contributed by atoms with van der Waals surface area (Å²) in [6.45, 7) is 3.14. The Morgan fingerprint density at radius 3 is 2.30 bits per heavy atom. The van der Waals surface area contributed by atoms with Crippen molar-refractivity contribution in [2.75, 3.05) is 31.7 Å². The summed E-state index contributed by atoms with van der Waals surface area (Å²) in [4.78, 5) is 14.6. The molecule has 2 aromatic carbocycles. The Morgan fingerprint density at radius 2 is 1.68 bits per heavy atom. The van der Waals surface area contributed by atoms with Crippen molar-refractivity contribution in [3.63, 3.8) is 0 Å². The van der Waals surface area contributed by atoms with Crippen LogP contribution in [0.4, 0.5) is 14.5 Å². The maximum Gasteiger partial charge on any atom is 0.364 e. The lowest BCUT2D eigenvalue weighted by Crippen LogP contribution is -2.39. The van der Waals surface area contributed by atoms with Crippen LogP contribution >= 0.6 is 0 Å². The number of halogens is 2. The molecule has 2 aliphatic rings. The molecule has 0 bridgehead atoms. The van der Waals surface area contributed by atoms with Crippen LogP contribution in [0.15, 0.2) is 48.5 Å². The number of carbonyl (C=O) groups is 1. The third-order valence-electron chi connectivity index (χ3n) is 7.83. The van der Waals surface area contributed by atoms with Gasteiger partial charge in [-0.2, -0.15) is 0 Å². The van der Waals surface area contributed by atoms with E-state index < -0.39 is 11.9 Å². The van der Waals surface area contributed by atoms with Gasteiger partial charge in [0.2, 0.25) is 11.6 Å². The van der Waals surface area contributed by atoms with E-state index in [1.807, 2.05) is 29.2 Å². The molecule has 0 unspecified atom stereocenters. The molecular formula is C30H36F2N4O4. The van der Waals surface area contributed by atoms with Crippen molar-refractivity contribution in [1.29, 1.82) is 0 Å². The van der Waals surface area contributed by atoms with E-state index in [2.05, 4.69) is 34.6 Å². The lowest BCUT2D eigenvalue weighted by molar-refractivity contribution is -0.0220. The number of piperidine rings is 1. The Bertz CT molecular complexity index is 1260. The number of rotatable bonds is 9. The highest BCUT2D eigenvalue weighted by Gasteiger charge is 2.34. The van der Waals surface area contributed by atoms with Gasteiger partial charge in [0.15, 0.2) is 0 Å². The smallest absolute Gasteiger partial charge is 0.364 e. The maximum atomic E-state index is 13.5. The number of alkyl halides is 2. The standard InChI is InChI=1S/C30H36F2N4O4/c1-3-39-29(37)27-28(36(34-33-27)20-21-4-12-25(38-2)13-5-21)40-26-14-8-23(9-15-26)22-6-10-24(11-7-22)35-18-16-30(31,32)17-19-35/h4-7,10-13,23,26H,3,8-9,14-20H2,1-2H3/t23-,26+. The number of nitrogens with zero attached hydrogens (tertiary/aromatic N) is 4. The SMILES string of the molecule is CCOC(=O)c1nnn(Cc2ccc(OC)cc2)c1O[C@H]1CC[C@@H](c2ccc(N3CCC(F)(F)CC3)cc2)CC1. The molecule has 2 heterocycles.